The molecule has 2 N–H and O–H groups in total. The van der Waals surface area contributed by atoms with Gasteiger partial charge >= 0.3 is 0 Å². The number of carbonyl (C=O) groups excluding carboxylic acids is 1. The Morgan fingerprint density at radius 3 is 3.05 bits per heavy atom. The van der Waals surface area contributed by atoms with Crippen LogP contribution < -0.4 is 5.32 Å². The summed E-state index contributed by atoms with van der Waals surface area (Å²) >= 11 is 6.73. The molecule has 0 atom stereocenters. The van der Waals surface area contributed by atoms with E-state index in [4.69, 9.17) is 12.2 Å². The van der Waals surface area contributed by atoms with Crippen LogP contribution in [0.3, 0.4) is 0 Å². The number of fused-ring (bicyclic) bond motifs is 1. The third kappa shape index (κ3) is 3.30. The molecule has 2 aromatic rings. The van der Waals surface area contributed by atoms with E-state index in [1.807, 2.05) is 11.6 Å². The van der Waals surface area contributed by atoms with Gasteiger partial charge in [0, 0.05) is 24.9 Å². The van der Waals surface area contributed by atoms with Crippen LogP contribution in [0.15, 0.2) is 6.07 Å². The smallest absolute Gasteiger partial charge is 0.261 e. The lowest BCUT2D eigenvalue weighted by molar-refractivity contribution is 0.0958. The summed E-state index contributed by atoms with van der Waals surface area (Å²) in [6.45, 7) is 0.564. The van der Waals surface area contributed by atoms with Crippen molar-refractivity contribution in [3.05, 3.63) is 32.0 Å². The summed E-state index contributed by atoms with van der Waals surface area (Å²) < 4.78 is 2.43. The van der Waals surface area contributed by atoms with Crippen LogP contribution in [-0.2, 0) is 26.3 Å². The van der Waals surface area contributed by atoms with Crippen molar-refractivity contribution in [1.29, 1.82) is 0 Å². The number of carbonyl (C=O) groups is 1. The summed E-state index contributed by atoms with van der Waals surface area (Å²) in [4.78, 5) is 14.5. The predicted molar refractivity (Wildman–Crippen MR) is 90.0 cm³/mol. The normalized spacial score (nSPS) is 14.4. The quantitative estimate of drug-likeness (QED) is 0.667. The van der Waals surface area contributed by atoms with Crippen LogP contribution in [-0.4, -0.2) is 27.2 Å². The molecular formula is C15H20N4OS2. The maximum absolute atomic E-state index is 12.3. The van der Waals surface area contributed by atoms with Crippen LogP contribution in [0, 0.1) is 4.77 Å². The van der Waals surface area contributed by atoms with Crippen LogP contribution in [0.4, 0.5) is 0 Å². The highest BCUT2D eigenvalue weighted by atomic mass is 32.1. The Balaban J connectivity index is 1.58. The van der Waals surface area contributed by atoms with E-state index in [9.17, 15) is 4.79 Å². The van der Waals surface area contributed by atoms with E-state index in [2.05, 4.69) is 21.6 Å². The van der Waals surface area contributed by atoms with E-state index < -0.39 is 0 Å². The van der Waals surface area contributed by atoms with Gasteiger partial charge in [-0.15, -0.1) is 11.3 Å². The summed E-state index contributed by atoms with van der Waals surface area (Å²) in [5, 5.41) is 9.88. The third-order valence-corrected chi connectivity index (χ3v) is 5.68. The SMILES string of the molecule is Cn1c(CCNC(=O)c2cc3c(s2)CCCCC3)n[nH]c1=S. The lowest BCUT2D eigenvalue weighted by atomic mass is 10.1. The van der Waals surface area contributed by atoms with E-state index in [-0.39, 0.29) is 5.91 Å². The minimum absolute atomic E-state index is 0.0230. The average molecular weight is 336 g/mol. The molecular weight excluding hydrogens is 316 g/mol. The molecule has 2 aromatic heterocycles. The summed E-state index contributed by atoms with van der Waals surface area (Å²) in [5.41, 5.74) is 1.38. The molecule has 7 heteroatoms. The van der Waals surface area contributed by atoms with Crippen LogP contribution in [0.2, 0.25) is 0 Å². The molecule has 1 amide bonds. The van der Waals surface area contributed by atoms with Crippen molar-refractivity contribution in [2.75, 3.05) is 6.54 Å². The van der Waals surface area contributed by atoms with Gasteiger partial charge in [0.1, 0.15) is 5.82 Å². The molecule has 1 aliphatic carbocycles. The molecule has 3 rings (SSSR count). The van der Waals surface area contributed by atoms with Gasteiger partial charge in [0.2, 0.25) is 0 Å². The van der Waals surface area contributed by atoms with Gasteiger partial charge in [0.15, 0.2) is 4.77 Å². The van der Waals surface area contributed by atoms with Crippen molar-refractivity contribution in [2.45, 2.75) is 38.5 Å². The van der Waals surface area contributed by atoms with Crippen LogP contribution in [0.25, 0.3) is 0 Å². The number of nitrogens with zero attached hydrogens (tertiary/aromatic N) is 2. The second-order valence-electron chi connectivity index (χ2n) is 5.63. The number of rotatable bonds is 4. The molecule has 5 nitrogen and oxygen atoms in total. The van der Waals surface area contributed by atoms with E-state index >= 15 is 0 Å². The molecule has 0 unspecified atom stereocenters. The zero-order valence-corrected chi connectivity index (χ0v) is 14.3. The first-order valence-electron chi connectivity index (χ1n) is 7.65. The van der Waals surface area contributed by atoms with Crippen LogP contribution in [0.1, 0.15) is 45.2 Å². The Morgan fingerprint density at radius 1 is 1.45 bits per heavy atom. The molecule has 2 heterocycles. The van der Waals surface area contributed by atoms with Crippen molar-refractivity contribution in [3.63, 3.8) is 0 Å². The van der Waals surface area contributed by atoms with Crippen LogP contribution >= 0.6 is 23.6 Å². The topological polar surface area (TPSA) is 62.7 Å². The van der Waals surface area contributed by atoms with E-state index in [1.165, 1.54) is 29.7 Å². The molecule has 118 valence electrons. The average Bonchev–Trinajstić information content (AvgIpc) is 2.97. The number of thiophene rings is 1. The number of aromatic nitrogens is 3. The molecule has 22 heavy (non-hydrogen) atoms. The van der Waals surface area contributed by atoms with Gasteiger partial charge in [0.25, 0.3) is 5.91 Å². The highest BCUT2D eigenvalue weighted by Gasteiger charge is 2.16. The summed E-state index contributed by atoms with van der Waals surface area (Å²) in [7, 11) is 1.87. The van der Waals surface area contributed by atoms with Crippen molar-refractivity contribution in [2.24, 2.45) is 7.05 Å². The van der Waals surface area contributed by atoms with Crippen molar-refractivity contribution < 1.29 is 4.79 Å². The monoisotopic (exact) mass is 336 g/mol. The molecule has 0 radical (unpaired) electrons. The number of hydrogen-bond acceptors (Lipinski definition) is 4. The molecule has 0 aromatic carbocycles. The highest BCUT2D eigenvalue weighted by Crippen LogP contribution is 2.28. The Morgan fingerprint density at radius 2 is 2.27 bits per heavy atom. The van der Waals surface area contributed by atoms with Gasteiger partial charge in [-0.3, -0.25) is 9.89 Å². The van der Waals surface area contributed by atoms with E-state index in [0.717, 1.165) is 23.5 Å². The predicted octanol–water partition coefficient (Wildman–Crippen LogP) is 2.78. The molecule has 0 fully saturated rings. The molecule has 0 saturated heterocycles. The number of H-pyrrole nitrogens is 1. The van der Waals surface area contributed by atoms with Gasteiger partial charge < -0.3 is 9.88 Å². The molecule has 0 aliphatic heterocycles. The first kappa shape index (κ1) is 15.4. The Bertz CT molecular complexity index is 705. The molecule has 0 bridgehead atoms. The van der Waals surface area contributed by atoms with Crippen molar-refractivity contribution in [3.8, 4) is 0 Å². The molecule has 0 saturated carbocycles. The zero-order valence-electron chi connectivity index (χ0n) is 12.6. The largest absolute Gasteiger partial charge is 0.351 e. The number of aryl methyl sites for hydroxylation is 2. The first-order chi connectivity index (χ1) is 10.6. The van der Waals surface area contributed by atoms with Crippen molar-refractivity contribution in [1.82, 2.24) is 20.1 Å². The van der Waals surface area contributed by atoms with E-state index in [0.29, 0.717) is 17.7 Å². The van der Waals surface area contributed by atoms with Gasteiger partial charge in [-0.1, -0.05) is 6.42 Å². The van der Waals surface area contributed by atoms with Gasteiger partial charge in [-0.2, -0.15) is 5.10 Å². The second-order valence-corrected chi connectivity index (χ2v) is 7.15. The van der Waals surface area contributed by atoms with Gasteiger partial charge in [-0.05, 0) is 49.5 Å². The van der Waals surface area contributed by atoms with Crippen LogP contribution in [0.5, 0.6) is 0 Å². The second kappa shape index (κ2) is 6.75. The van der Waals surface area contributed by atoms with Crippen molar-refractivity contribution >= 4 is 29.5 Å². The fourth-order valence-corrected chi connectivity index (χ4v) is 4.08. The fraction of sp³-hybridized carbons (Fsp3) is 0.533. The van der Waals surface area contributed by atoms with E-state index in [1.54, 1.807) is 11.3 Å². The standard InChI is InChI=1S/C15H20N4OS2/c1-19-13(17-18-15(19)21)7-8-16-14(20)12-9-10-5-3-2-4-6-11(10)22-12/h9H,2-8H2,1H3,(H,16,20)(H,18,21). The van der Waals surface area contributed by atoms with Gasteiger partial charge in [0.05, 0.1) is 4.88 Å². The maximum Gasteiger partial charge on any atom is 0.261 e. The third-order valence-electron chi connectivity index (χ3n) is 4.08. The Kier molecular flexibility index (Phi) is 4.73. The Hall–Kier alpha value is -1.47. The first-order valence-corrected chi connectivity index (χ1v) is 8.87. The summed E-state index contributed by atoms with van der Waals surface area (Å²) in [5.74, 6) is 0.877. The zero-order chi connectivity index (χ0) is 15.5. The van der Waals surface area contributed by atoms with Gasteiger partial charge in [-0.25, -0.2) is 0 Å². The summed E-state index contributed by atoms with van der Waals surface area (Å²) in [6, 6.07) is 2.08. The highest BCUT2D eigenvalue weighted by molar-refractivity contribution is 7.71. The Labute approximate surface area is 138 Å². The maximum atomic E-state index is 12.3. The molecule has 1 aliphatic rings. The minimum atomic E-state index is 0.0230. The number of hydrogen-bond donors (Lipinski definition) is 2. The molecule has 0 spiro atoms. The lowest BCUT2D eigenvalue weighted by Gasteiger charge is -2.03. The number of aromatic amines is 1. The minimum Gasteiger partial charge on any atom is -0.351 e. The number of amides is 1. The lowest BCUT2D eigenvalue weighted by Crippen LogP contribution is -2.25. The fourth-order valence-electron chi connectivity index (χ4n) is 2.76. The number of nitrogens with one attached hydrogen (secondary N) is 2. The summed E-state index contributed by atoms with van der Waals surface area (Å²) in [6.07, 6.45) is 6.69.